The van der Waals surface area contributed by atoms with Crippen molar-refractivity contribution in [2.75, 3.05) is 0 Å². The lowest BCUT2D eigenvalue weighted by atomic mass is 9.51. The first-order valence-corrected chi connectivity index (χ1v) is 25.8. The number of allylic oxidation sites excluding steroid dienone is 7. The summed E-state index contributed by atoms with van der Waals surface area (Å²) in [6, 6.07) is 7.33. The second kappa shape index (κ2) is 16.7. The van der Waals surface area contributed by atoms with Crippen molar-refractivity contribution in [3.63, 3.8) is 0 Å². The van der Waals surface area contributed by atoms with Gasteiger partial charge >= 0.3 is 5.97 Å². The van der Waals surface area contributed by atoms with E-state index < -0.39 is 56.9 Å². The van der Waals surface area contributed by atoms with Crippen molar-refractivity contribution < 1.29 is 57.9 Å². The van der Waals surface area contributed by atoms with Crippen LogP contribution in [0.5, 0.6) is 23.0 Å². The second-order valence-corrected chi connectivity index (χ2v) is 23.8. The highest BCUT2D eigenvalue weighted by Crippen LogP contribution is 2.70. The van der Waals surface area contributed by atoms with E-state index in [1.54, 1.807) is 12.1 Å². The second-order valence-electron chi connectivity index (χ2n) is 23.8. The van der Waals surface area contributed by atoms with E-state index in [1.165, 1.54) is 18.6 Å². The largest absolute Gasteiger partial charge is 0.506 e. The molecule has 0 amide bonds. The van der Waals surface area contributed by atoms with E-state index in [4.69, 9.17) is 23.7 Å². The number of para-hydroxylation sites is 1. The number of ether oxygens (including phenoxy) is 5. The van der Waals surface area contributed by atoms with Gasteiger partial charge in [0.1, 0.15) is 34.2 Å². The number of carboxylic acids is 1. The van der Waals surface area contributed by atoms with Crippen molar-refractivity contribution in [3.8, 4) is 23.0 Å². The minimum absolute atomic E-state index is 0.0260. The maximum atomic E-state index is 14.7. The number of ketones is 4. The fourth-order valence-electron chi connectivity index (χ4n) is 13.9. The lowest BCUT2D eigenvalue weighted by Gasteiger charge is -2.56. The third-order valence-corrected chi connectivity index (χ3v) is 17.3. The SMILES string of the molecule is CC(C)=CCC12OC(C)(C)C3CC(C=C4C(=O)c5ccccc5OC431)C2=O.CC(C)=CCC[C@@]1(C)C=Cc2c(O)c3c(c(CC=C(C)C)c2O1)OC12C(=CC4CC1C(C)(C)OC2(C/C=C(/C)C(=O)O)C4=O)C3=O. The molecule has 5 aliphatic heterocycles. The van der Waals surface area contributed by atoms with Crippen LogP contribution in [0.3, 0.4) is 0 Å². The van der Waals surface area contributed by atoms with Gasteiger partial charge in [0.25, 0.3) is 0 Å². The predicted octanol–water partition coefficient (Wildman–Crippen LogP) is 11.3. The molecular formula is C61H68O12. The number of carbonyl (C=O) groups excluding carboxylic acids is 4. The molecular weight excluding hydrogens is 925 g/mol. The van der Waals surface area contributed by atoms with E-state index in [2.05, 4.69) is 19.9 Å². The topological polar surface area (TPSA) is 172 Å². The highest BCUT2D eigenvalue weighted by Gasteiger charge is 2.82. The summed E-state index contributed by atoms with van der Waals surface area (Å²) in [6.45, 7) is 23.4. The number of aliphatic carboxylic acids is 1. The van der Waals surface area contributed by atoms with Crippen LogP contribution in [0.2, 0.25) is 0 Å². The molecule has 12 nitrogen and oxygen atoms in total. The van der Waals surface area contributed by atoms with Gasteiger partial charge in [-0.3, -0.25) is 19.2 Å². The number of fused-ring (bicyclic) bond motifs is 3. The van der Waals surface area contributed by atoms with Gasteiger partial charge in [0.2, 0.25) is 0 Å². The average molecular weight is 993 g/mol. The minimum atomic E-state index is -1.63. The average Bonchev–Trinajstić information content (AvgIpc) is 3.58. The summed E-state index contributed by atoms with van der Waals surface area (Å²) in [5.41, 5.74) is -1.38. The van der Waals surface area contributed by atoms with Gasteiger partial charge in [0, 0.05) is 58.8 Å². The Morgan fingerprint density at radius 1 is 0.685 bits per heavy atom. The lowest BCUT2D eigenvalue weighted by Crippen LogP contribution is -2.72. The molecule has 2 N–H and O–H groups in total. The molecule has 2 aromatic carbocycles. The summed E-state index contributed by atoms with van der Waals surface area (Å²) >= 11 is 0. The molecule has 0 aromatic heterocycles. The zero-order chi connectivity index (χ0) is 52.7. The molecule has 5 heterocycles. The molecule has 73 heavy (non-hydrogen) atoms. The van der Waals surface area contributed by atoms with Crippen molar-refractivity contribution in [2.24, 2.45) is 23.7 Å². The molecule has 8 unspecified atom stereocenters. The molecule has 11 aliphatic rings. The zero-order valence-corrected chi connectivity index (χ0v) is 44.2. The lowest BCUT2D eigenvalue weighted by molar-refractivity contribution is -0.172. The first-order chi connectivity index (χ1) is 34.2. The first-order valence-electron chi connectivity index (χ1n) is 25.8. The molecule has 2 saturated heterocycles. The maximum Gasteiger partial charge on any atom is 0.330 e. The Balaban J connectivity index is 0.000000191. The van der Waals surface area contributed by atoms with Gasteiger partial charge in [-0.15, -0.1) is 0 Å². The van der Waals surface area contributed by atoms with E-state index in [-0.39, 0.29) is 64.2 Å². The van der Waals surface area contributed by atoms with Crippen LogP contribution in [0.1, 0.15) is 153 Å². The molecule has 384 valence electrons. The minimum Gasteiger partial charge on any atom is -0.506 e. The van der Waals surface area contributed by atoms with E-state index in [0.29, 0.717) is 71.4 Å². The number of rotatable bonds is 10. The van der Waals surface area contributed by atoms with Crippen LogP contribution in [-0.2, 0) is 30.3 Å². The number of carbonyl (C=O) groups is 5. The van der Waals surface area contributed by atoms with Gasteiger partial charge in [-0.1, -0.05) is 65.3 Å². The van der Waals surface area contributed by atoms with Crippen LogP contribution in [-0.4, -0.2) is 78.5 Å². The predicted molar refractivity (Wildman–Crippen MR) is 275 cm³/mol. The van der Waals surface area contributed by atoms with Crippen LogP contribution in [0.4, 0.5) is 0 Å². The number of phenols is 1. The standard InChI is InChI=1S/C38H44O8.C23H24O4/c1-20(2)10-9-15-36(8)16-14-24-29(39)28-30(40)26-18-23-19-27-35(6,7)46-37(33(23)41,17-13-22(5)34(42)43)38(26,27)45-32(28)25(31(24)44-36)12-11-21(3)4;1-13(2)9-10-22-20(25)14-11-16-19(24)15-7-5-6-8-17(15)26-23(16,22)18(12-14)21(3,4)27-22/h10-11,13-14,16,18,23,27,39H,9,12,15,17,19H2,1-8H3,(H,42,43);5-9,11,14,18H,10,12H2,1-4H3/b22-13-;/t23?,27?,36-,37?,38?;/m0./s1. The van der Waals surface area contributed by atoms with Crippen molar-refractivity contribution >= 4 is 35.2 Å². The monoisotopic (exact) mass is 992 g/mol. The molecule has 12 heteroatoms. The Bertz CT molecular complexity index is 3070. The van der Waals surface area contributed by atoms with E-state index in [1.807, 2.05) is 111 Å². The first kappa shape index (κ1) is 50.4. The third-order valence-electron chi connectivity index (χ3n) is 17.3. The van der Waals surface area contributed by atoms with Gasteiger partial charge < -0.3 is 33.9 Å². The Hall–Kier alpha value is -6.11. The van der Waals surface area contributed by atoms with Gasteiger partial charge in [-0.2, -0.15) is 0 Å². The van der Waals surface area contributed by atoms with Crippen molar-refractivity contribution in [1.82, 2.24) is 0 Å². The van der Waals surface area contributed by atoms with Gasteiger partial charge in [-0.25, -0.2) is 4.79 Å². The Kier molecular flexibility index (Phi) is 11.5. The third kappa shape index (κ3) is 7.01. The van der Waals surface area contributed by atoms with Crippen molar-refractivity contribution in [3.05, 3.63) is 122 Å². The maximum absolute atomic E-state index is 14.7. The fraction of sp³-hybridized carbons (Fsp3) is 0.492. The molecule has 13 rings (SSSR count). The molecule has 2 aromatic rings. The molecule has 2 spiro atoms. The van der Waals surface area contributed by atoms with Gasteiger partial charge in [0.05, 0.1) is 22.3 Å². The van der Waals surface area contributed by atoms with Crippen LogP contribution in [0, 0.1) is 23.7 Å². The molecule has 8 bridgehead atoms. The van der Waals surface area contributed by atoms with Crippen LogP contribution in [0.15, 0.2) is 100 Å². The van der Waals surface area contributed by atoms with E-state index >= 15 is 0 Å². The van der Waals surface area contributed by atoms with Gasteiger partial charge in [-0.05, 0) is 139 Å². The Morgan fingerprint density at radius 3 is 1.81 bits per heavy atom. The number of benzene rings is 2. The number of hydrogen-bond donors (Lipinski definition) is 2. The Morgan fingerprint density at radius 2 is 1.23 bits per heavy atom. The van der Waals surface area contributed by atoms with Crippen molar-refractivity contribution in [1.29, 1.82) is 0 Å². The summed E-state index contributed by atoms with van der Waals surface area (Å²) in [5, 5.41) is 21.4. The van der Waals surface area contributed by atoms with Crippen LogP contribution >= 0.6 is 0 Å². The fourth-order valence-corrected chi connectivity index (χ4v) is 13.9. The smallest absolute Gasteiger partial charge is 0.330 e. The molecule has 2 saturated carbocycles. The molecule has 9 atom stereocenters. The normalized spacial score (nSPS) is 33.5. The zero-order valence-electron chi connectivity index (χ0n) is 44.2. The summed E-state index contributed by atoms with van der Waals surface area (Å²) in [5.74, 6) is -2.02. The highest BCUT2D eigenvalue weighted by atomic mass is 16.6. The van der Waals surface area contributed by atoms with Crippen molar-refractivity contribution in [2.45, 2.75) is 167 Å². The highest BCUT2D eigenvalue weighted by molar-refractivity contribution is 6.19. The number of Topliss-reactive ketones (excluding diaryl/α,β-unsaturated/α-hetero) is 4. The quantitative estimate of drug-likeness (QED) is 0.171. The summed E-state index contributed by atoms with van der Waals surface area (Å²) in [4.78, 5) is 67.8. The number of aromatic hydroxyl groups is 1. The van der Waals surface area contributed by atoms with E-state index in [0.717, 1.165) is 17.6 Å². The Labute approximate surface area is 427 Å². The van der Waals surface area contributed by atoms with Gasteiger partial charge in [0.15, 0.2) is 45.5 Å². The van der Waals surface area contributed by atoms with Crippen LogP contribution in [0.25, 0.3) is 6.08 Å². The number of hydrogen-bond acceptors (Lipinski definition) is 11. The molecule has 0 radical (unpaired) electrons. The number of phenolic OH excluding ortho intramolecular Hbond substituents is 1. The summed E-state index contributed by atoms with van der Waals surface area (Å²) < 4.78 is 33.8. The summed E-state index contributed by atoms with van der Waals surface area (Å²) in [7, 11) is 0. The molecule has 6 aliphatic carbocycles. The van der Waals surface area contributed by atoms with Crippen LogP contribution < -0.4 is 14.2 Å². The summed E-state index contributed by atoms with van der Waals surface area (Å²) in [6.07, 6.45) is 18.4. The number of carboxylic acid groups (broad SMARTS) is 1. The molecule has 4 fully saturated rings. The van der Waals surface area contributed by atoms with E-state index in [9.17, 15) is 34.2 Å².